The molecule has 0 unspecified atom stereocenters. The minimum Gasteiger partial charge on any atom is -0.464 e. The maximum absolute atomic E-state index is 12.5. The van der Waals surface area contributed by atoms with Crippen molar-refractivity contribution in [2.45, 2.75) is 33.6 Å². The SMILES string of the molecule is CCCNC(=O)c1cccc(NC(=O)Cc2coc3cc(C)c(C)cc23)c1. The molecule has 0 bridgehead atoms. The lowest BCUT2D eigenvalue weighted by molar-refractivity contribution is -0.115. The second-order valence-corrected chi connectivity index (χ2v) is 6.76. The van der Waals surface area contributed by atoms with Gasteiger partial charge in [0, 0.05) is 28.7 Å². The van der Waals surface area contributed by atoms with E-state index in [2.05, 4.69) is 16.7 Å². The van der Waals surface area contributed by atoms with Gasteiger partial charge in [-0.2, -0.15) is 0 Å². The molecule has 3 aromatic rings. The second kappa shape index (κ2) is 8.08. The van der Waals surface area contributed by atoms with Gasteiger partial charge in [-0.25, -0.2) is 0 Å². The Bertz CT molecular complexity index is 988. The van der Waals surface area contributed by atoms with Crippen LogP contribution < -0.4 is 10.6 Å². The average Bonchev–Trinajstić information content (AvgIpc) is 3.01. The standard InChI is InChI=1S/C22H24N2O3/c1-4-8-23-22(26)16-6-5-7-18(11-16)24-21(25)12-17-13-27-20-10-15(3)14(2)9-19(17)20/h5-7,9-11,13H,4,8,12H2,1-3H3,(H,23,26)(H,24,25). The molecular formula is C22H24N2O3. The number of hydrogen-bond donors (Lipinski definition) is 2. The van der Waals surface area contributed by atoms with Gasteiger partial charge in [0.15, 0.2) is 0 Å². The smallest absolute Gasteiger partial charge is 0.251 e. The molecule has 0 spiro atoms. The first-order valence-corrected chi connectivity index (χ1v) is 9.13. The number of fused-ring (bicyclic) bond motifs is 1. The van der Waals surface area contributed by atoms with Gasteiger partial charge < -0.3 is 15.1 Å². The topological polar surface area (TPSA) is 71.3 Å². The summed E-state index contributed by atoms with van der Waals surface area (Å²) >= 11 is 0. The highest BCUT2D eigenvalue weighted by Gasteiger charge is 2.13. The van der Waals surface area contributed by atoms with E-state index in [-0.39, 0.29) is 18.2 Å². The van der Waals surface area contributed by atoms with E-state index in [0.29, 0.717) is 17.8 Å². The fourth-order valence-corrected chi connectivity index (χ4v) is 2.93. The Kier molecular flexibility index (Phi) is 5.60. The zero-order valence-electron chi connectivity index (χ0n) is 15.9. The van der Waals surface area contributed by atoms with Crippen molar-refractivity contribution in [1.82, 2.24) is 5.32 Å². The summed E-state index contributed by atoms with van der Waals surface area (Å²) in [5, 5.41) is 6.65. The van der Waals surface area contributed by atoms with Gasteiger partial charge in [0.25, 0.3) is 5.91 Å². The molecule has 0 saturated heterocycles. The average molecular weight is 364 g/mol. The molecule has 0 aliphatic rings. The second-order valence-electron chi connectivity index (χ2n) is 6.76. The quantitative estimate of drug-likeness (QED) is 0.682. The Balaban J connectivity index is 1.71. The van der Waals surface area contributed by atoms with Gasteiger partial charge in [0.05, 0.1) is 12.7 Å². The Hall–Kier alpha value is -3.08. The number of benzene rings is 2. The summed E-state index contributed by atoms with van der Waals surface area (Å²) in [7, 11) is 0. The number of anilines is 1. The molecule has 5 heteroatoms. The lowest BCUT2D eigenvalue weighted by Gasteiger charge is -2.08. The highest BCUT2D eigenvalue weighted by Crippen LogP contribution is 2.25. The lowest BCUT2D eigenvalue weighted by Crippen LogP contribution is -2.24. The lowest BCUT2D eigenvalue weighted by atomic mass is 10.0. The fraction of sp³-hybridized carbons (Fsp3) is 0.273. The van der Waals surface area contributed by atoms with Crippen LogP contribution in [0.25, 0.3) is 11.0 Å². The first-order chi connectivity index (χ1) is 13.0. The summed E-state index contributed by atoms with van der Waals surface area (Å²) in [4.78, 5) is 24.5. The van der Waals surface area contributed by atoms with Crippen LogP contribution in [-0.4, -0.2) is 18.4 Å². The van der Waals surface area contributed by atoms with Crippen LogP contribution in [-0.2, 0) is 11.2 Å². The molecule has 0 aliphatic heterocycles. The molecule has 1 heterocycles. The van der Waals surface area contributed by atoms with E-state index >= 15 is 0 Å². The van der Waals surface area contributed by atoms with E-state index in [0.717, 1.165) is 34.1 Å². The molecule has 0 aliphatic carbocycles. The molecule has 0 radical (unpaired) electrons. The van der Waals surface area contributed by atoms with Gasteiger partial charge in [-0.05, 0) is 61.7 Å². The molecule has 27 heavy (non-hydrogen) atoms. The van der Waals surface area contributed by atoms with Crippen molar-refractivity contribution in [2.24, 2.45) is 0 Å². The van der Waals surface area contributed by atoms with Crippen molar-refractivity contribution in [3.8, 4) is 0 Å². The molecule has 0 saturated carbocycles. The summed E-state index contributed by atoms with van der Waals surface area (Å²) in [5.74, 6) is -0.290. The molecular weight excluding hydrogens is 340 g/mol. The Morgan fingerprint density at radius 2 is 1.85 bits per heavy atom. The zero-order chi connectivity index (χ0) is 19.4. The number of furan rings is 1. The molecule has 2 aromatic carbocycles. The monoisotopic (exact) mass is 364 g/mol. The maximum atomic E-state index is 12.5. The molecule has 3 rings (SSSR count). The van der Waals surface area contributed by atoms with Gasteiger partial charge in [-0.3, -0.25) is 9.59 Å². The number of rotatable bonds is 6. The minimum absolute atomic E-state index is 0.139. The number of hydrogen-bond acceptors (Lipinski definition) is 3. The van der Waals surface area contributed by atoms with E-state index in [4.69, 9.17) is 4.42 Å². The Morgan fingerprint density at radius 1 is 1.07 bits per heavy atom. The Labute approximate surface area is 158 Å². The highest BCUT2D eigenvalue weighted by molar-refractivity contribution is 5.98. The van der Waals surface area contributed by atoms with Crippen molar-refractivity contribution in [2.75, 3.05) is 11.9 Å². The van der Waals surface area contributed by atoms with Crippen molar-refractivity contribution in [3.63, 3.8) is 0 Å². The van der Waals surface area contributed by atoms with Crippen LogP contribution in [0.15, 0.2) is 47.1 Å². The van der Waals surface area contributed by atoms with E-state index < -0.39 is 0 Å². The predicted molar refractivity (Wildman–Crippen MR) is 107 cm³/mol. The molecule has 5 nitrogen and oxygen atoms in total. The van der Waals surface area contributed by atoms with Crippen molar-refractivity contribution >= 4 is 28.5 Å². The third-order valence-corrected chi connectivity index (χ3v) is 4.57. The summed E-state index contributed by atoms with van der Waals surface area (Å²) in [5.41, 5.74) is 5.09. The van der Waals surface area contributed by atoms with Crippen LogP contribution in [0.4, 0.5) is 5.69 Å². The number of nitrogens with one attached hydrogen (secondary N) is 2. The molecule has 0 fully saturated rings. The van der Waals surface area contributed by atoms with Gasteiger partial charge in [0.1, 0.15) is 5.58 Å². The van der Waals surface area contributed by atoms with Gasteiger partial charge in [0.2, 0.25) is 5.91 Å². The van der Waals surface area contributed by atoms with E-state index in [1.165, 1.54) is 0 Å². The predicted octanol–water partition coefficient (Wildman–Crippen LogP) is 4.37. The summed E-state index contributed by atoms with van der Waals surface area (Å²) in [6, 6.07) is 11.0. The highest BCUT2D eigenvalue weighted by atomic mass is 16.3. The summed E-state index contributed by atoms with van der Waals surface area (Å²) in [6.45, 7) is 6.70. The first-order valence-electron chi connectivity index (χ1n) is 9.13. The van der Waals surface area contributed by atoms with Crippen LogP contribution in [0.1, 0.15) is 40.4 Å². The molecule has 140 valence electrons. The molecule has 2 amide bonds. The van der Waals surface area contributed by atoms with Crippen LogP contribution in [0.3, 0.4) is 0 Å². The number of carbonyl (C=O) groups is 2. The number of amides is 2. The largest absolute Gasteiger partial charge is 0.464 e. The molecule has 1 aromatic heterocycles. The molecule has 2 N–H and O–H groups in total. The minimum atomic E-state index is -0.151. The van der Waals surface area contributed by atoms with Crippen LogP contribution >= 0.6 is 0 Å². The van der Waals surface area contributed by atoms with Crippen LogP contribution in [0, 0.1) is 13.8 Å². The summed E-state index contributed by atoms with van der Waals surface area (Å²) in [6.07, 6.45) is 2.72. The zero-order valence-corrected chi connectivity index (χ0v) is 15.9. The van der Waals surface area contributed by atoms with Crippen LogP contribution in [0.5, 0.6) is 0 Å². The van der Waals surface area contributed by atoms with Gasteiger partial charge in [-0.15, -0.1) is 0 Å². The van der Waals surface area contributed by atoms with E-state index in [1.54, 1.807) is 30.5 Å². The van der Waals surface area contributed by atoms with Crippen LogP contribution in [0.2, 0.25) is 0 Å². The van der Waals surface area contributed by atoms with Crippen molar-refractivity contribution in [1.29, 1.82) is 0 Å². The number of carbonyl (C=O) groups excluding carboxylic acids is 2. The third-order valence-electron chi connectivity index (χ3n) is 4.57. The third kappa shape index (κ3) is 4.37. The number of aryl methyl sites for hydroxylation is 2. The van der Waals surface area contributed by atoms with Crippen molar-refractivity contribution in [3.05, 3.63) is 64.9 Å². The van der Waals surface area contributed by atoms with E-state index in [1.807, 2.05) is 26.8 Å². The summed E-state index contributed by atoms with van der Waals surface area (Å²) < 4.78 is 5.59. The molecule has 0 atom stereocenters. The van der Waals surface area contributed by atoms with Crippen molar-refractivity contribution < 1.29 is 14.0 Å². The normalized spacial score (nSPS) is 10.8. The van der Waals surface area contributed by atoms with E-state index in [9.17, 15) is 9.59 Å². The fourth-order valence-electron chi connectivity index (χ4n) is 2.93. The first kappa shape index (κ1) is 18.7. The maximum Gasteiger partial charge on any atom is 0.251 e. The van der Waals surface area contributed by atoms with Gasteiger partial charge in [-0.1, -0.05) is 13.0 Å². The Morgan fingerprint density at radius 3 is 2.63 bits per heavy atom. The van der Waals surface area contributed by atoms with Gasteiger partial charge >= 0.3 is 0 Å².